The van der Waals surface area contributed by atoms with Crippen molar-refractivity contribution >= 4 is 22.6 Å². The molecule has 1 N–H and O–H groups in total. The molecule has 0 unspecified atom stereocenters. The molecule has 2 aliphatic rings. The Kier molecular flexibility index (Phi) is 5.45. The van der Waals surface area contributed by atoms with E-state index in [0.29, 0.717) is 32.8 Å². The van der Waals surface area contributed by atoms with Gasteiger partial charge in [0, 0.05) is 19.6 Å². The average molecular weight is 383 g/mol. The fourth-order valence-electron chi connectivity index (χ4n) is 3.76. The van der Waals surface area contributed by atoms with Crippen molar-refractivity contribution in [1.29, 1.82) is 0 Å². The molecule has 2 fully saturated rings. The van der Waals surface area contributed by atoms with Crippen LogP contribution in [0.15, 0.2) is 36.4 Å². The number of carbonyl (C=O) groups excluding carboxylic acids is 2. The summed E-state index contributed by atoms with van der Waals surface area (Å²) in [5, 5.41) is 5.00. The molecule has 0 aromatic heterocycles. The van der Waals surface area contributed by atoms with Gasteiger partial charge in [0.1, 0.15) is 11.9 Å². The molecular weight excluding hydrogens is 358 g/mol. The summed E-state index contributed by atoms with van der Waals surface area (Å²) in [4.78, 5) is 28.0. The van der Waals surface area contributed by atoms with Crippen LogP contribution in [0.2, 0.25) is 0 Å². The number of fused-ring (bicyclic) bond motifs is 1. The monoisotopic (exact) mass is 383 g/mol. The maximum absolute atomic E-state index is 12.7. The van der Waals surface area contributed by atoms with Crippen molar-refractivity contribution in [2.24, 2.45) is 0 Å². The smallest absolute Gasteiger partial charge is 0.236 e. The normalized spacial score (nSPS) is 20.8. The van der Waals surface area contributed by atoms with Crippen LogP contribution in [0.25, 0.3) is 10.8 Å². The molecule has 28 heavy (non-hydrogen) atoms. The molecule has 2 aromatic rings. The highest BCUT2D eigenvalue weighted by molar-refractivity contribution is 5.85. The number of nitrogens with zero attached hydrogens (tertiary/aromatic N) is 2. The molecule has 2 aliphatic heterocycles. The number of morpholine rings is 1. The first kappa shape index (κ1) is 18.7. The van der Waals surface area contributed by atoms with E-state index in [9.17, 15) is 9.59 Å². The summed E-state index contributed by atoms with van der Waals surface area (Å²) in [6.07, 6.45) is -0.145. The number of benzene rings is 2. The fraction of sp³-hybridized carbons (Fsp3) is 0.429. The Bertz CT molecular complexity index is 885. The lowest BCUT2D eigenvalue weighted by atomic mass is 10.0. The molecule has 0 spiro atoms. The zero-order valence-corrected chi connectivity index (χ0v) is 16.0. The van der Waals surface area contributed by atoms with Crippen LogP contribution in [0.4, 0.5) is 0 Å². The third-order valence-corrected chi connectivity index (χ3v) is 5.34. The fourth-order valence-corrected chi connectivity index (χ4v) is 3.76. The highest BCUT2D eigenvalue weighted by atomic mass is 16.5. The molecule has 2 heterocycles. The van der Waals surface area contributed by atoms with E-state index in [2.05, 4.69) is 23.5 Å². The molecule has 148 valence electrons. The first-order valence-electron chi connectivity index (χ1n) is 9.58. The summed E-state index contributed by atoms with van der Waals surface area (Å²) in [5.74, 6) is 0.859. The predicted molar refractivity (Wildman–Crippen MR) is 105 cm³/mol. The lowest BCUT2D eigenvalue weighted by Crippen LogP contribution is -2.52. The van der Waals surface area contributed by atoms with Gasteiger partial charge in [-0.1, -0.05) is 18.2 Å². The van der Waals surface area contributed by atoms with Gasteiger partial charge in [-0.2, -0.15) is 0 Å². The Morgan fingerprint density at radius 1 is 1.21 bits per heavy atom. The van der Waals surface area contributed by atoms with Crippen LogP contribution in [-0.2, 0) is 14.3 Å². The van der Waals surface area contributed by atoms with Gasteiger partial charge in [-0.25, -0.2) is 0 Å². The maximum atomic E-state index is 12.7. The minimum atomic E-state index is -0.145. The van der Waals surface area contributed by atoms with Crippen molar-refractivity contribution in [2.75, 3.05) is 53.0 Å². The molecule has 2 saturated heterocycles. The quantitative estimate of drug-likeness (QED) is 0.859. The summed E-state index contributed by atoms with van der Waals surface area (Å²) in [6, 6.07) is 12.2. The third kappa shape index (κ3) is 4.10. The molecule has 2 aromatic carbocycles. The number of amides is 2. The van der Waals surface area contributed by atoms with E-state index >= 15 is 0 Å². The lowest BCUT2D eigenvalue weighted by Gasteiger charge is -2.35. The number of hydrogen-bond donors (Lipinski definition) is 1. The van der Waals surface area contributed by atoms with Crippen LogP contribution >= 0.6 is 0 Å². The van der Waals surface area contributed by atoms with Gasteiger partial charge in [-0.3, -0.25) is 14.5 Å². The van der Waals surface area contributed by atoms with E-state index in [-0.39, 0.29) is 31.0 Å². The highest BCUT2D eigenvalue weighted by Crippen LogP contribution is 2.28. The zero-order chi connectivity index (χ0) is 19.5. The van der Waals surface area contributed by atoms with Gasteiger partial charge in [0.2, 0.25) is 11.8 Å². The standard InChI is InChI=1S/C21H25N3O4/c1-27-18-5-4-15-10-17(3-2-16(15)11-18)19-12-24(8-9-28-19)21(26)14-23-7-6-22-20(25)13-23/h2-5,10-11,19H,6-9,12-14H2,1H3,(H,22,25)/t19-/m0/s1. The molecule has 2 amide bonds. The second-order valence-corrected chi connectivity index (χ2v) is 7.23. The maximum Gasteiger partial charge on any atom is 0.236 e. The molecule has 7 heteroatoms. The number of rotatable bonds is 4. The molecule has 4 rings (SSSR count). The lowest BCUT2D eigenvalue weighted by molar-refractivity contribution is -0.141. The van der Waals surface area contributed by atoms with Crippen molar-refractivity contribution in [2.45, 2.75) is 6.10 Å². The van der Waals surface area contributed by atoms with E-state index in [4.69, 9.17) is 9.47 Å². The predicted octanol–water partition coefficient (Wildman–Crippen LogP) is 1.18. The summed E-state index contributed by atoms with van der Waals surface area (Å²) < 4.78 is 11.2. The van der Waals surface area contributed by atoms with E-state index < -0.39 is 0 Å². The number of ether oxygens (including phenoxy) is 2. The Morgan fingerprint density at radius 3 is 2.86 bits per heavy atom. The van der Waals surface area contributed by atoms with Gasteiger partial charge in [-0.05, 0) is 34.5 Å². The van der Waals surface area contributed by atoms with E-state index in [1.165, 1.54) is 0 Å². The largest absolute Gasteiger partial charge is 0.497 e. The number of nitrogens with one attached hydrogen (secondary N) is 1. The number of piperazine rings is 1. The van der Waals surface area contributed by atoms with Crippen LogP contribution in [0.5, 0.6) is 5.75 Å². The number of carbonyl (C=O) groups is 2. The summed E-state index contributed by atoms with van der Waals surface area (Å²) in [7, 11) is 1.66. The van der Waals surface area contributed by atoms with Crippen molar-refractivity contribution in [3.63, 3.8) is 0 Å². The Hall–Kier alpha value is -2.64. The van der Waals surface area contributed by atoms with E-state index in [1.54, 1.807) is 7.11 Å². The molecule has 0 aliphatic carbocycles. The minimum Gasteiger partial charge on any atom is -0.497 e. The van der Waals surface area contributed by atoms with Crippen LogP contribution in [0, 0.1) is 0 Å². The summed E-state index contributed by atoms with van der Waals surface area (Å²) in [6.45, 7) is 3.49. The van der Waals surface area contributed by atoms with Crippen molar-refractivity contribution in [1.82, 2.24) is 15.1 Å². The van der Waals surface area contributed by atoms with Crippen molar-refractivity contribution in [3.8, 4) is 5.75 Å². The van der Waals surface area contributed by atoms with Gasteiger partial charge in [0.25, 0.3) is 0 Å². The zero-order valence-electron chi connectivity index (χ0n) is 16.0. The number of hydrogen-bond acceptors (Lipinski definition) is 5. The Balaban J connectivity index is 1.43. The minimum absolute atomic E-state index is 0.0216. The molecule has 0 radical (unpaired) electrons. The first-order valence-corrected chi connectivity index (χ1v) is 9.58. The highest BCUT2D eigenvalue weighted by Gasteiger charge is 2.27. The topological polar surface area (TPSA) is 71.1 Å². The van der Waals surface area contributed by atoms with E-state index in [1.807, 2.05) is 28.0 Å². The average Bonchev–Trinajstić information content (AvgIpc) is 2.73. The molecule has 0 saturated carbocycles. The van der Waals surface area contributed by atoms with Gasteiger partial charge >= 0.3 is 0 Å². The molecule has 1 atom stereocenters. The van der Waals surface area contributed by atoms with Gasteiger partial charge in [0.05, 0.1) is 33.4 Å². The van der Waals surface area contributed by atoms with E-state index in [0.717, 1.165) is 22.1 Å². The third-order valence-electron chi connectivity index (χ3n) is 5.34. The molecular formula is C21H25N3O4. The second kappa shape index (κ2) is 8.16. The molecule has 7 nitrogen and oxygen atoms in total. The van der Waals surface area contributed by atoms with Crippen molar-refractivity contribution in [3.05, 3.63) is 42.0 Å². The van der Waals surface area contributed by atoms with Crippen LogP contribution < -0.4 is 10.1 Å². The summed E-state index contributed by atoms with van der Waals surface area (Å²) in [5.41, 5.74) is 1.06. The number of methoxy groups -OCH3 is 1. The van der Waals surface area contributed by atoms with Crippen molar-refractivity contribution < 1.29 is 19.1 Å². The summed E-state index contributed by atoms with van der Waals surface area (Å²) >= 11 is 0. The first-order chi connectivity index (χ1) is 13.6. The van der Waals surface area contributed by atoms with Gasteiger partial charge in [-0.15, -0.1) is 0 Å². The second-order valence-electron chi connectivity index (χ2n) is 7.23. The Labute approximate surface area is 164 Å². The van der Waals surface area contributed by atoms with Crippen LogP contribution in [-0.4, -0.2) is 74.6 Å². The van der Waals surface area contributed by atoms with Crippen LogP contribution in [0.3, 0.4) is 0 Å². The SMILES string of the molecule is COc1ccc2cc([C@@H]3CN(C(=O)CN4CCNC(=O)C4)CCO3)ccc2c1. The van der Waals surface area contributed by atoms with Gasteiger partial charge < -0.3 is 19.7 Å². The Morgan fingerprint density at radius 2 is 2.04 bits per heavy atom. The molecule has 0 bridgehead atoms. The van der Waals surface area contributed by atoms with Gasteiger partial charge in [0.15, 0.2) is 0 Å². The van der Waals surface area contributed by atoms with Crippen LogP contribution in [0.1, 0.15) is 11.7 Å².